The van der Waals surface area contributed by atoms with Crippen molar-refractivity contribution in [3.05, 3.63) is 54.1 Å². The number of hydrogen-bond donors (Lipinski definition) is 1. The summed E-state index contributed by atoms with van der Waals surface area (Å²) in [6, 6.07) is 11.0. The molecule has 2 aromatic rings. The summed E-state index contributed by atoms with van der Waals surface area (Å²) in [6.45, 7) is 4.83. The van der Waals surface area contributed by atoms with E-state index in [2.05, 4.69) is 24.1 Å². The number of pyridine rings is 1. The largest absolute Gasteiger partial charge is 0.491 e. The van der Waals surface area contributed by atoms with Crippen LogP contribution in [-0.2, 0) is 0 Å². The third kappa shape index (κ3) is 4.18. The number of nitrogens with zero attached hydrogens (tertiary/aromatic N) is 1. The molecular weight excluding hydrogens is 267 g/mol. The fraction of sp³-hybridized carbons (Fsp3) is 0.353. The molecule has 112 valence electrons. The molecule has 0 saturated carbocycles. The van der Waals surface area contributed by atoms with Crippen molar-refractivity contribution >= 4 is 5.69 Å². The van der Waals surface area contributed by atoms with Gasteiger partial charge in [-0.15, -0.1) is 0 Å². The van der Waals surface area contributed by atoms with Gasteiger partial charge in [-0.2, -0.15) is 0 Å². The van der Waals surface area contributed by atoms with Crippen molar-refractivity contribution in [1.82, 2.24) is 4.98 Å². The van der Waals surface area contributed by atoms with Crippen LogP contribution >= 0.6 is 0 Å². The summed E-state index contributed by atoms with van der Waals surface area (Å²) in [4.78, 5) is 4.16. The lowest BCUT2D eigenvalue weighted by atomic mass is 10.1. The number of benzene rings is 1. The summed E-state index contributed by atoms with van der Waals surface area (Å²) in [5.41, 5.74) is 1.76. The highest BCUT2D eigenvalue weighted by Gasteiger charge is 2.13. The second-order valence-electron chi connectivity index (χ2n) is 4.85. The predicted octanol–water partition coefficient (Wildman–Crippen LogP) is 4.57. The minimum Gasteiger partial charge on any atom is -0.491 e. The molecule has 3 nitrogen and oxygen atoms in total. The van der Waals surface area contributed by atoms with Crippen molar-refractivity contribution in [1.29, 1.82) is 0 Å². The fourth-order valence-corrected chi connectivity index (χ4v) is 2.09. The number of nitrogens with one attached hydrogen (secondary N) is 1. The Morgan fingerprint density at radius 1 is 1.19 bits per heavy atom. The quantitative estimate of drug-likeness (QED) is 0.810. The van der Waals surface area contributed by atoms with Crippen molar-refractivity contribution in [3.63, 3.8) is 0 Å². The number of hydrogen-bond acceptors (Lipinski definition) is 3. The number of anilines is 1. The molecule has 0 aliphatic heterocycles. The van der Waals surface area contributed by atoms with Crippen LogP contribution in [0.3, 0.4) is 0 Å². The summed E-state index contributed by atoms with van der Waals surface area (Å²) in [6.07, 6.45) is 3.06. The highest BCUT2D eigenvalue weighted by atomic mass is 19.1. The molecule has 0 aliphatic carbocycles. The van der Waals surface area contributed by atoms with E-state index in [-0.39, 0.29) is 11.9 Å². The molecular formula is C17H21FN2O. The molecule has 0 amide bonds. The van der Waals surface area contributed by atoms with Gasteiger partial charge in [-0.3, -0.25) is 4.98 Å². The van der Waals surface area contributed by atoms with Crippen LogP contribution in [0.25, 0.3) is 0 Å². The van der Waals surface area contributed by atoms with E-state index in [4.69, 9.17) is 4.74 Å². The Morgan fingerprint density at radius 3 is 2.67 bits per heavy atom. The Labute approximate surface area is 125 Å². The zero-order chi connectivity index (χ0) is 15.1. The normalized spacial score (nSPS) is 12.0. The lowest BCUT2D eigenvalue weighted by Gasteiger charge is -2.20. The molecule has 0 fully saturated rings. The van der Waals surface area contributed by atoms with Gasteiger partial charge in [0.2, 0.25) is 0 Å². The van der Waals surface area contributed by atoms with Crippen molar-refractivity contribution in [2.24, 2.45) is 0 Å². The van der Waals surface area contributed by atoms with E-state index in [0.717, 1.165) is 30.0 Å². The van der Waals surface area contributed by atoms with Crippen molar-refractivity contribution < 1.29 is 9.13 Å². The summed E-state index contributed by atoms with van der Waals surface area (Å²) in [7, 11) is 0. The van der Waals surface area contributed by atoms with Crippen molar-refractivity contribution in [3.8, 4) is 5.75 Å². The van der Waals surface area contributed by atoms with Gasteiger partial charge in [0.05, 0.1) is 30.2 Å². The van der Waals surface area contributed by atoms with Gasteiger partial charge in [0.1, 0.15) is 11.6 Å². The fourth-order valence-electron chi connectivity index (χ4n) is 2.09. The smallest absolute Gasteiger partial charge is 0.142 e. The van der Waals surface area contributed by atoms with Crippen LogP contribution in [0.2, 0.25) is 0 Å². The van der Waals surface area contributed by atoms with Gasteiger partial charge in [0, 0.05) is 0 Å². The Morgan fingerprint density at radius 2 is 2.00 bits per heavy atom. The molecule has 0 saturated heterocycles. The Balaban J connectivity index is 2.16. The first-order valence-electron chi connectivity index (χ1n) is 7.34. The summed E-state index contributed by atoms with van der Waals surface area (Å²) < 4.78 is 18.7. The second kappa shape index (κ2) is 7.62. The van der Waals surface area contributed by atoms with E-state index in [9.17, 15) is 4.39 Å². The number of aromatic nitrogens is 1. The van der Waals surface area contributed by atoms with Crippen LogP contribution < -0.4 is 10.1 Å². The van der Waals surface area contributed by atoms with Crippen molar-refractivity contribution in [2.45, 2.75) is 32.7 Å². The third-order valence-corrected chi connectivity index (χ3v) is 3.19. The van der Waals surface area contributed by atoms with E-state index >= 15 is 0 Å². The average Bonchev–Trinajstić information content (AvgIpc) is 2.52. The molecule has 1 N–H and O–H groups in total. The molecule has 1 aromatic heterocycles. The van der Waals surface area contributed by atoms with Crippen LogP contribution in [0, 0.1) is 5.82 Å². The Bertz CT molecular complexity index is 557. The van der Waals surface area contributed by atoms with E-state index in [1.165, 1.54) is 12.3 Å². The average molecular weight is 288 g/mol. The molecule has 1 atom stereocenters. The van der Waals surface area contributed by atoms with Crippen LogP contribution in [0.4, 0.5) is 10.1 Å². The SMILES string of the molecule is CCCOc1ccccc1NC(CC)c1ccc(F)cn1. The Kier molecular flexibility index (Phi) is 5.55. The topological polar surface area (TPSA) is 34.1 Å². The maximum atomic E-state index is 13.0. The molecule has 0 radical (unpaired) electrons. The molecule has 21 heavy (non-hydrogen) atoms. The minimum atomic E-state index is -0.319. The molecule has 1 aromatic carbocycles. The second-order valence-corrected chi connectivity index (χ2v) is 4.85. The van der Waals surface area contributed by atoms with Gasteiger partial charge >= 0.3 is 0 Å². The van der Waals surface area contributed by atoms with Gasteiger partial charge in [-0.05, 0) is 37.1 Å². The predicted molar refractivity (Wildman–Crippen MR) is 83.1 cm³/mol. The van der Waals surface area contributed by atoms with Gasteiger partial charge in [-0.1, -0.05) is 26.0 Å². The van der Waals surface area contributed by atoms with Gasteiger partial charge in [0.25, 0.3) is 0 Å². The maximum Gasteiger partial charge on any atom is 0.142 e. The van der Waals surface area contributed by atoms with Crippen molar-refractivity contribution in [2.75, 3.05) is 11.9 Å². The lowest BCUT2D eigenvalue weighted by molar-refractivity contribution is 0.318. The number of rotatable bonds is 7. The highest BCUT2D eigenvalue weighted by molar-refractivity contribution is 5.57. The molecule has 0 bridgehead atoms. The molecule has 0 aliphatic rings. The van der Waals surface area contributed by atoms with Crippen LogP contribution in [0.5, 0.6) is 5.75 Å². The summed E-state index contributed by atoms with van der Waals surface area (Å²) >= 11 is 0. The van der Waals surface area contributed by atoms with Gasteiger partial charge in [0.15, 0.2) is 0 Å². The summed E-state index contributed by atoms with van der Waals surface area (Å²) in [5, 5.41) is 3.43. The Hall–Kier alpha value is -2.10. The number of ether oxygens (including phenoxy) is 1. The van der Waals surface area contributed by atoms with E-state index in [1.54, 1.807) is 6.07 Å². The zero-order valence-corrected chi connectivity index (χ0v) is 12.5. The molecule has 1 heterocycles. The van der Waals surface area contributed by atoms with Crippen LogP contribution in [0.15, 0.2) is 42.6 Å². The number of halogens is 1. The maximum absolute atomic E-state index is 13.0. The van der Waals surface area contributed by atoms with Gasteiger partial charge in [-0.25, -0.2) is 4.39 Å². The van der Waals surface area contributed by atoms with Gasteiger partial charge < -0.3 is 10.1 Å². The summed E-state index contributed by atoms with van der Waals surface area (Å²) in [5.74, 6) is 0.514. The monoisotopic (exact) mass is 288 g/mol. The third-order valence-electron chi connectivity index (χ3n) is 3.19. The van der Waals surface area contributed by atoms with E-state index in [0.29, 0.717) is 6.61 Å². The number of para-hydroxylation sites is 2. The lowest BCUT2D eigenvalue weighted by Crippen LogP contribution is -2.12. The van der Waals surface area contributed by atoms with E-state index < -0.39 is 0 Å². The van der Waals surface area contributed by atoms with E-state index in [1.807, 2.05) is 24.3 Å². The first-order valence-corrected chi connectivity index (χ1v) is 7.34. The molecule has 2 rings (SSSR count). The first-order chi connectivity index (χ1) is 10.2. The highest BCUT2D eigenvalue weighted by Crippen LogP contribution is 2.29. The van der Waals surface area contributed by atoms with Crippen LogP contribution in [0.1, 0.15) is 38.4 Å². The molecule has 0 spiro atoms. The molecule has 4 heteroatoms. The minimum absolute atomic E-state index is 0.0250. The van der Waals surface area contributed by atoms with Crippen LogP contribution in [-0.4, -0.2) is 11.6 Å². The zero-order valence-electron chi connectivity index (χ0n) is 12.5. The molecule has 1 unspecified atom stereocenters. The standard InChI is InChI=1S/C17H21FN2O/c1-3-11-21-17-8-6-5-7-16(17)20-14(4-2)15-10-9-13(18)12-19-15/h5-10,12,14,20H,3-4,11H2,1-2H3. The first kappa shape index (κ1) is 15.3.